The van der Waals surface area contributed by atoms with E-state index in [0.29, 0.717) is 12.1 Å². The van der Waals surface area contributed by atoms with Gasteiger partial charge in [0.05, 0.1) is 6.10 Å². The average molecular weight is 157 g/mol. The number of hydrogen-bond donors (Lipinski definition) is 0. The first-order chi connectivity index (χ1) is 5.29. The van der Waals surface area contributed by atoms with Crippen molar-refractivity contribution in [1.82, 2.24) is 4.90 Å². The fraction of sp³-hybridized carbons (Fsp3) is 1.00. The Balaban J connectivity index is 2.42. The van der Waals surface area contributed by atoms with Gasteiger partial charge in [-0.2, -0.15) is 0 Å². The number of likely N-dealkylation sites (N-methyl/N-ethyl adjacent to an activating group) is 1. The smallest absolute Gasteiger partial charge is 0.0698 e. The van der Waals surface area contributed by atoms with Crippen LogP contribution in [0.1, 0.15) is 26.7 Å². The van der Waals surface area contributed by atoms with Crippen LogP contribution in [0.25, 0.3) is 0 Å². The second kappa shape index (κ2) is 4.07. The van der Waals surface area contributed by atoms with Crippen molar-refractivity contribution < 1.29 is 4.74 Å². The maximum Gasteiger partial charge on any atom is 0.0698 e. The summed E-state index contributed by atoms with van der Waals surface area (Å²) in [5, 5.41) is 0. The van der Waals surface area contributed by atoms with E-state index in [1.165, 1.54) is 25.9 Å². The van der Waals surface area contributed by atoms with E-state index >= 15 is 0 Å². The summed E-state index contributed by atoms with van der Waals surface area (Å²) in [5.74, 6) is 0. The van der Waals surface area contributed by atoms with Gasteiger partial charge in [0.1, 0.15) is 0 Å². The first kappa shape index (κ1) is 9.01. The Morgan fingerprint density at radius 1 is 1.64 bits per heavy atom. The van der Waals surface area contributed by atoms with Crippen LogP contribution in [-0.4, -0.2) is 37.2 Å². The largest absolute Gasteiger partial charge is 0.380 e. The third-order valence-electron chi connectivity index (χ3n) is 2.73. The van der Waals surface area contributed by atoms with Crippen molar-refractivity contribution in [2.75, 3.05) is 20.2 Å². The van der Waals surface area contributed by atoms with Gasteiger partial charge in [-0.15, -0.1) is 0 Å². The van der Waals surface area contributed by atoms with E-state index in [1.807, 2.05) is 0 Å². The normalized spacial score (nSPS) is 29.2. The van der Waals surface area contributed by atoms with Gasteiger partial charge in [0.25, 0.3) is 0 Å². The van der Waals surface area contributed by atoms with Crippen molar-refractivity contribution in [3.8, 4) is 0 Å². The Hall–Kier alpha value is -0.0800. The Morgan fingerprint density at radius 3 is 2.91 bits per heavy atom. The zero-order chi connectivity index (χ0) is 8.27. The highest BCUT2D eigenvalue weighted by molar-refractivity contribution is 4.82. The summed E-state index contributed by atoms with van der Waals surface area (Å²) in [6.45, 7) is 6.81. The van der Waals surface area contributed by atoms with Crippen molar-refractivity contribution in [3.05, 3.63) is 0 Å². The van der Waals surface area contributed by atoms with Crippen LogP contribution in [-0.2, 0) is 4.74 Å². The zero-order valence-electron chi connectivity index (χ0n) is 7.84. The molecule has 0 N–H and O–H groups in total. The molecule has 0 aliphatic carbocycles. The molecule has 0 aromatic heterocycles. The summed E-state index contributed by atoms with van der Waals surface area (Å²) >= 11 is 0. The number of nitrogens with zero attached hydrogens (tertiary/aromatic N) is 1. The highest BCUT2D eigenvalue weighted by Gasteiger charge is 2.27. The summed E-state index contributed by atoms with van der Waals surface area (Å²) in [5.41, 5.74) is 0. The topological polar surface area (TPSA) is 12.5 Å². The van der Waals surface area contributed by atoms with Crippen molar-refractivity contribution >= 4 is 0 Å². The maximum absolute atomic E-state index is 5.32. The van der Waals surface area contributed by atoms with Crippen LogP contribution in [0.4, 0.5) is 0 Å². The van der Waals surface area contributed by atoms with Gasteiger partial charge in [0, 0.05) is 13.2 Å². The fourth-order valence-electron chi connectivity index (χ4n) is 1.93. The Labute approximate surface area is 69.5 Å². The number of methoxy groups -OCH3 is 1. The van der Waals surface area contributed by atoms with Gasteiger partial charge in [0.2, 0.25) is 0 Å². The summed E-state index contributed by atoms with van der Waals surface area (Å²) in [6.07, 6.45) is 3.05. The lowest BCUT2D eigenvalue weighted by molar-refractivity contribution is 0.0459. The van der Waals surface area contributed by atoms with Gasteiger partial charge in [0.15, 0.2) is 0 Å². The molecule has 0 radical (unpaired) electrons. The summed E-state index contributed by atoms with van der Waals surface area (Å²) in [6, 6.07) is 0.671. The van der Waals surface area contributed by atoms with E-state index in [9.17, 15) is 0 Å². The van der Waals surface area contributed by atoms with E-state index in [-0.39, 0.29) is 0 Å². The maximum atomic E-state index is 5.32. The molecule has 11 heavy (non-hydrogen) atoms. The Morgan fingerprint density at radius 2 is 2.36 bits per heavy atom. The van der Waals surface area contributed by atoms with Crippen LogP contribution in [0, 0.1) is 0 Å². The molecule has 1 heterocycles. The fourth-order valence-corrected chi connectivity index (χ4v) is 1.93. The van der Waals surface area contributed by atoms with Crippen LogP contribution < -0.4 is 0 Å². The molecular formula is C9H19NO. The molecule has 0 aromatic carbocycles. The molecule has 2 heteroatoms. The van der Waals surface area contributed by atoms with E-state index in [0.717, 1.165) is 0 Å². The molecule has 66 valence electrons. The Bertz CT molecular complexity index is 116. The van der Waals surface area contributed by atoms with Crippen molar-refractivity contribution in [2.45, 2.75) is 38.8 Å². The molecular weight excluding hydrogens is 138 g/mol. The van der Waals surface area contributed by atoms with Crippen LogP contribution in [0.3, 0.4) is 0 Å². The van der Waals surface area contributed by atoms with Crippen molar-refractivity contribution in [3.63, 3.8) is 0 Å². The number of rotatable bonds is 3. The van der Waals surface area contributed by atoms with E-state index in [2.05, 4.69) is 18.7 Å². The van der Waals surface area contributed by atoms with Crippen LogP contribution in [0.5, 0.6) is 0 Å². The van der Waals surface area contributed by atoms with Crippen LogP contribution >= 0.6 is 0 Å². The van der Waals surface area contributed by atoms with E-state index < -0.39 is 0 Å². The molecule has 0 spiro atoms. The quantitative estimate of drug-likeness (QED) is 0.615. The first-order valence-electron chi connectivity index (χ1n) is 4.56. The van der Waals surface area contributed by atoms with E-state index in [4.69, 9.17) is 4.74 Å². The Kier molecular flexibility index (Phi) is 3.34. The van der Waals surface area contributed by atoms with Gasteiger partial charge in [-0.3, -0.25) is 4.90 Å². The highest BCUT2D eigenvalue weighted by Crippen LogP contribution is 2.20. The minimum absolute atomic E-state index is 0.400. The molecule has 0 amide bonds. The third kappa shape index (κ3) is 1.94. The van der Waals surface area contributed by atoms with Gasteiger partial charge in [-0.1, -0.05) is 6.92 Å². The molecule has 1 aliphatic rings. The van der Waals surface area contributed by atoms with Gasteiger partial charge in [-0.25, -0.2) is 0 Å². The minimum atomic E-state index is 0.400. The summed E-state index contributed by atoms with van der Waals surface area (Å²) in [7, 11) is 1.80. The monoisotopic (exact) mass is 157 g/mol. The minimum Gasteiger partial charge on any atom is -0.380 e. The first-order valence-corrected chi connectivity index (χ1v) is 4.56. The van der Waals surface area contributed by atoms with Crippen LogP contribution in [0.2, 0.25) is 0 Å². The highest BCUT2D eigenvalue weighted by atomic mass is 16.5. The molecule has 1 saturated heterocycles. The van der Waals surface area contributed by atoms with Crippen LogP contribution in [0.15, 0.2) is 0 Å². The molecule has 0 unspecified atom stereocenters. The van der Waals surface area contributed by atoms with Gasteiger partial charge in [-0.05, 0) is 32.9 Å². The predicted octanol–water partition coefficient (Wildman–Crippen LogP) is 1.51. The molecule has 1 rings (SSSR count). The van der Waals surface area contributed by atoms with E-state index in [1.54, 1.807) is 7.11 Å². The number of likely N-dealkylation sites (tertiary alicyclic amines) is 1. The average Bonchev–Trinajstić information content (AvgIpc) is 2.50. The molecule has 2 nitrogen and oxygen atoms in total. The predicted molar refractivity (Wildman–Crippen MR) is 46.7 cm³/mol. The van der Waals surface area contributed by atoms with Gasteiger partial charge >= 0.3 is 0 Å². The lowest BCUT2D eigenvalue weighted by atomic mass is 10.1. The molecule has 0 aromatic rings. The molecule has 1 aliphatic heterocycles. The standard InChI is InChI=1S/C9H19NO/c1-4-10-7-5-6-9(10)8(2)11-3/h8-9H,4-7H2,1-3H3/t8-,9-/m1/s1. The molecule has 1 fully saturated rings. The van der Waals surface area contributed by atoms with Gasteiger partial charge < -0.3 is 4.74 Å². The molecule has 0 saturated carbocycles. The zero-order valence-corrected chi connectivity index (χ0v) is 7.84. The van der Waals surface area contributed by atoms with Crippen molar-refractivity contribution in [2.24, 2.45) is 0 Å². The molecule has 2 atom stereocenters. The summed E-state index contributed by atoms with van der Waals surface area (Å²) < 4.78 is 5.32. The number of ether oxygens (including phenoxy) is 1. The SMILES string of the molecule is CCN1CCC[C@@H]1[C@@H](C)OC. The second-order valence-electron chi connectivity index (χ2n) is 3.28. The number of hydrogen-bond acceptors (Lipinski definition) is 2. The van der Waals surface area contributed by atoms with Crippen molar-refractivity contribution in [1.29, 1.82) is 0 Å². The lowest BCUT2D eigenvalue weighted by Crippen LogP contribution is -2.38. The lowest BCUT2D eigenvalue weighted by Gasteiger charge is -2.27. The third-order valence-corrected chi connectivity index (χ3v) is 2.73. The molecule has 0 bridgehead atoms. The summed E-state index contributed by atoms with van der Waals surface area (Å²) in [4.78, 5) is 2.51. The second-order valence-corrected chi connectivity index (χ2v) is 3.28.